The van der Waals surface area contributed by atoms with Crippen LogP contribution in [-0.4, -0.2) is 33.2 Å². The molecular weight excluding hydrogens is 366 g/mol. The highest BCUT2D eigenvalue weighted by molar-refractivity contribution is 7.20. The summed E-state index contributed by atoms with van der Waals surface area (Å²) >= 11 is 1.58. The zero-order valence-corrected chi connectivity index (χ0v) is 17.8. The third-order valence-corrected chi connectivity index (χ3v) is 7.53. The first-order valence-electron chi connectivity index (χ1n) is 10.1. The standard InChI is InChI=1S/C23H27N3OS/c1-15-18-10-19(28-21(18)26(24-15)16-8-6-5-7-9-16)20(27)25-14-23(4)12-17(25)11-22(2,3)13-23/h5-10,17H,11-14H2,1-4H3/t17-,23-/m0/s1. The fourth-order valence-corrected chi connectivity index (χ4v) is 6.87. The minimum Gasteiger partial charge on any atom is -0.334 e. The summed E-state index contributed by atoms with van der Waals surface area (Å²) in [6, 6.07) is 12.6. The fraction of sp³-hybridized carbons (Fsp3) is 0.478. The molecule has 2 fully saturated rings. The highest BCUT2D eigenvalue weighted by Crippen LogP contribution is 2.53. The van der Waals surface area contributed by atoms with E-state index in [9.17, 15) is 4.79 Å². The second-order valence-electron chi connectivity index (χ2n) is 9.81. The highest BCUT2D eigenvalue weighted by atomic mass is 32.1. The van der Waals surface area contributed by atoms with E-state index in [-0.39, 0.29) is 11.3 Å². The van der Waals surface area contributed by atoms with Gasteiger partial charge < -0.3 is 4.90 Å². The van der Waals surface area contributed by atoms with E-state index in [0.717, 1.165) is 45.9 Å². The average molecular weight is 394 g/mol. The van der Waals surface area contributed by atoms with Crippen molar-refractivity contribution in [1.82, 2.24) is 14.7 Å². The number of fused-ring (bicyclic) bond motifs is 3. The van der Waals surface area contributed by atoms with Gasteiger partial charge in [0.1, 0.15) is 4.83 Å². The number of carbonyl (C=O) groups is 1. The number of aryl methyl sites for hydroxylation is 1. The van der Waals surface area contributed by atoms with E-state index < -0.39 is 0 Å². The predicted octanol–water partition coefficient (Wildman–Crippen LogP) is 5.44. The van der Waals surface area contributed by atoms with E-state index in [1.54, 1.807) is 11.3 Å². The first-order chi connectivity index (χ1) is 13.2. The SMILES string of the molecule is Cc1nn(-c2ccccc2)c2sc(C(=O)N3C[C@@]4(C)C[C@@H]3CC(C)(C)C4)cc12. The summed E-state index contributed by atoms with van der Waals surface area (Å²) in [5.41, 5.74) is 2.59. The van der Waals surface area contributed by atoms with Gasteiger partial charge in [0.25, 0.3) is 5.91 Å². The molecule has 4 nitrogen and oxygen atoms in total. The minimum atomic E-state index is 0.201. The number of hydrogen-bond donors (Lipinski definition) is 0. The smallest absolute Gasteiger partial charge is 0.264 e. The lowest BCUT2D eigenvalue weighted by atomic mass is 9.65. The molecule has 2 atom stereocenters. The second kappa shape index (κ2) is 5.93. The van der Waals surface area contributed by atoms with Crippen LogP contribution in [0.25, 0.3) is 15.9 Å². The van der Waals surface area contributed by atoms with Crippen molar-refractivity contribution in [1.29, 1.82) is 0 Å². The molecule has 1 aliphatic carbocycles. The summed E-state index contributed by atoms with van der Waals surface area (Å²) < 4.78 is 1.97. The van der Waals surface area contributed by atoms with Crippen LogP contribution in [0.3, 0.4) is 0 Å². The Morgan fingerprint density at radius 2 is 1.93 bits per heavy atom. The molecule has 0 N–H and O–H groups in total. The Bertz CT molecular complexity index is 1060. The molecule has 2 bridgehead atoms. The van der Waals surface area contributed by atoms with Crippen LogP contribution in [0.4, 0.5) is 0 Å². The molecule has 3 heterocycles. The number of amides is 1. The topological polar surface area (TPSA) is 38.1 Å². The molecule has 1 amide bonds. The Morgan fingerprint density at radius 3 is 2.68 bits per heavy atom. The Balaban J connectivity index is 1.51. The molecule has 2 aliphatic rings. The summed E-state index contributed by atoms with van der Waals surface area (Å²) in [7, 11) is 0. The number of rotatable bonds is 2. The van der Waals surface area contributed by atoms with Crippen LogP contribution in [0, 0.1) is 17.8 Å². The number of aromatic nitrogens is 2. The third-order valence-electron chi connectivity index (χ3n) is 6.43. The van der Waals surface area contributed by atoms with E-state index in [2.05, 4.69) is 43.9 Å². The summed E-state index contributed by atoms with van der Waals surface area (Å²) in [4.78, 5) is 17.5. The molecule has 1 saturated carbocycles. The Kier molecular flexibility index (Phi) is 3.80. The van der Waals surface area contributed by atoms with Crippen molar-refractivity contribution in [2.45, 2.75) is 53.0 Å². The second-order valence-corrected chi connectivity index (χ2v) is 10.8. The molecule has 0 spiro atoms. The van der Waals surface area contributed by atoms with Gasteiger partial charge in [0.05, 0.1) is 16.3 Å². The van der Waals surface area contributed by atoms with Crippen LogP contribution in [-0.2, 0) is 0 Å². The molecule has 146 valence electrons. The van der Waals surface area contributed by atoms with E-state index in [1.165, 1.54) is 6.42 Å². The van der Waals surface area contributed by atoms with Crippen molar-refractivity contribution in [3.05, 3.63) is 47.0 Å². The zero-order chi connectivity index (χ0) is 19.7. The third kappa shape index (κ3) is 2.79. The normalized spacial score (nSPS) is 26.1. The fourth-order valence-electron chi connectivity index (χ4n) is 5.74. The number of carbonyl (C=O) groups excluding carboxylic acids is 1. The van der Waals surface area contributed by atoms with Crippen LogP contribution in [0.15, 0.2) is 36.4 Å². The Morgan fingerprint density at radius 1 is 1.18 bits per heavy atom. The lowest BCUT2D eigenvalue weighted by Gasteiger charge is -2.39. The van der Waals surface area contributed by atoms with Crippen molar-refractivity contribution in [2.24, 2.45) is 10.8 Å². The van der Waals surface area contributed by atoms with Gasteiger partial charge in [-0.1, -0.05) is 39.0 Å². The molecule has 0 unspecified atom stereocenters. The quantitative estimate of drug-likeness (QED) is 0.582. The maximum absolute atomic E-state index is 13.5. The molecular formula is C23H27N3OS. The van der Waals surface area contributed by atoms with Gasteiger partial charge in [-0.05, 0) is 55.2 Å². The number of likely N-dealkylation sites (tertiary alicyclic amines) is 1. The van der Waals surface area contributed by atoms with Crippen molar-refractivity contribution in [3.8, 4) is 5.69 Å². The average Bonchev–Trinajstić information content (AvgIpc) is 3.26. The number of benzene rings is 1. The molecule has 1 aliphatic heterocycles. The molecule has 5 rings (SSSR count). The summed E-state index contributed by atoms with van der Waals surface area (Å²) in [5, 5.41) is 5.79. The van der Waals surface area contributed by atoms with Gasteiger partial charge in [-0.2, -0.15) is 5.10 Å². The molecule has 3 aromatic rings. The Labute approximate surface area is 170 Å². The van der Waals surface area contributed by atoms with Crippen molar-refractivity contribution in [3.63, 3.8) is 0 Å². The van der Waals surface area contributed by atoms with Gasteiger partial charge in [0.2, 0.25) is 0 Å². The van der Waals surface area contributed by atoms with Crippen molar-refractivity contribution < 1.29 is 4.79 Å². The maximum Gasteiger partial charge on any atom is 0.264 e. The van der Waals surface area contributed by atoms with E-state index in [4.69, 9.17) is 5.10 Å². The highest BCUT2D eigenvalue weighted by Gasteiger charge is 2.51. The van der Waals surface area contributed by atoms with Gasteiger partial charge in [0.15, 0.2) is 0 Å². The van der Waals surface area contributed by atoms with Gasteiger partial charge in [-0.25, -0.2) is 4.68 Å². The molecule has 1 aromatic carbocycles. The number of nitrogens with zero attached hydrogens (tertiary/aromatic N) is 3. The van der Waals surface area contributed by atoms with Crippen LogP contribution in [0.2, 0.25) is 0 Å². The van der Waals surface area contributed by atoms with Crippen molar-refractivity contribution in [2.75, 3.05) is 6.54 Å². The summed E-state index contributed by atoms with van der Waals surface area (Å²) in [6.45, 7) is 9.97. The first-order valence-corrected chi connectivity index (χ1v) is 10.9. The molecule has 2 aromatic heterocycles. The van der Waals surface area contributed by atoms with E-state index >= 15 is 0 Å². The predicted molar refractivity (Wildman–Crippen MR) is 114 cm³/mol. The maximum atomic E-state index is 13.5. The first kappa shape index (κ1) is 17.9. The lowest BCUT2D eigenvalue weighted by Crippen LogP contribution is -2.37. The van der Waals surface area contributed by atoms with Gasteiger partial charge in [0, 0.05) is 18.0 Å². The largest absolute Gasteiger partial charge is 0.334 e. The molecule has 28 heavy (non-hydrogen) atoms. The monoisotopic (exact) mass is 393 g/mol. The van der Waals surface area contributed by atoms with E-state index in [0.29, 0.717) is 11.5 Å². The zero-order valence-electron chi connectivity index (χ0n) is 17.0. The summed E-state index contributed by atoms with van der Waals surface area (Å²) in [5.74, 6) is 0.201. The molecule has 0 radical (unpaired) electrons. The summed E-state index contributed by atoms with van der Waals surface area (Å²) in [6.07, 6.45) is 3.45. The number of para-hydroxylation sites is 1. The van der Waals surface area contributed by atoms with Crippen LogP contribution >= 0.6 is 11.3 Å². The lowest BCUT2D eigenvalue weighted by molar-refractivity contribution is 0.0713. The number of thiophene rings is 1. The van der Waals surface area contributed by atoms with E-state index in [1.807, 2.05) is 29.8 Å². The van der Waals surface area contributed by atoms with Gasteiger partial charge in [-0.3, -0.25) is 4.79 Å². The van der Waals surface area contributed by atoms with Crippen LogP contribution < -0.4 is 0 Å². The molecule has 5 heteroatoms. The van der Waals surface area contributed by atoms with Crippen molar-refractivity contribution >= 4 is 27.5 Å². The van der Waals surface area contributed by atoms with Crippen LogP contribution in [0.5, 0.6) is 0 Å². The molecule has 1 saturated heterocycles. The minimum absolute atomic E-state index is 0.201. The Hall–Kier alpha value is -2.14. The van der Waals surface area contributed by atoms with Gasteiger partial charge in [-0.15, -0.1) is 11.3 Å². The van der Waals surface area contributed by atoms with Crippen LogP contribution in [0.1, 0.15) is 55.4 Å². The van der Waals surface area contributed by atoms with Gasteiger partial charge >= 0.3 is 0 Å². The number of hydrogen-bond acceptors (Lipinski definition) is 3.